The van der Waals surface area contributed by atoms with Crippen LogP contribution < -0.4 is 5.32 Å². The lowest BCUT2D eigenvalue weighted by Crippen LogP contribution is -2.39. The summed E-state index contributed by atoms with van der Waals surface area (Å²) in [6.07, 6.45) is 6.51. The summed E-state index contributed by atoms with van der Waals surface area (Å²) in [5.74, 6) is 1.19. The minimum absolute atomic E-state index is 0.0257. The van der Waals surface area contributed by atoms with Crippen molar-refractivity contribution in [3.63, 3.8) is 0 Å². The molecule has 1 N–H and O–H groups in total. The molecule has 106 valence electrons. The normalized spacial score (nSPS) is 23.3. The summed E-state index contributed by atoms with van der Waals surface area (Å²) < 4.78 is 1.70. The number of amides is 1. The minimum Gasteiger partial charge on any atom is -0.349 e. The molecule has 1 saturated carbocycles. The fourth-order valence-electron chi connectivity index (χ4n) is 2.75. The number of aromatic nitrogens is 2. The van der Waals surface area contributed by atoms with Crippen LogP contribution in [0.2, 0.25) is 0 Å². The maximum absolute atomic E-state index is 12.2. The topological polar surface area (TPSA) is 46.9 Å². The van der Waals surface area contributed by atoms with E-state index >= 15 is 0 Å². The molecular formula is C14H23N3OS. The summed E-state index contributed by atoms with van der Waals surface area (Å²) >= 11 is 2.02. The van der Waals surface area contributed by atoms with Crippen molar-refractivity contribution in [3.05, 3.63) is 17.5 Å². The van der Waals surface area contributed by atoms with Gasteiger partial charge in [0.15, 0.2) is 0 Å². The van der Waals surface area contributed by atoms with E-state index in [0.29, 0.717) is 16.9 Å². The van der Waals surface area contributed by atoms with Crippen LogP contribution in [0.1, 0.15) is 48.7 Å². The van der Waals surface area contributed by atoms with Gasteiger partial charge in [-0.25, -0.2) is 0 Å². The number of hydrogen-bond acceptors (Lipinski definition) is 3. The van der Waals surface area contributed by atoms with Crippen LogP contribution in [0.25, 0.3) is 0 Å². The summed E-state index contributed by atoms with van der Waals surface area (Å²) in [5.41, 5.74) is 1.50. The molecular weight excluding hydrogens is 258 g/mol. The molecule has 1 aliphatic carbocycles. The summed E-state index contributed by atoms with van der Waals surface area (Å²) in [6, 6.07) is 0.324. The number of rotatable bonds is 4. The predicted molar refractivity (Wildman–Crippen MR) is 79.6 cm³/mol. The van der Waals surface area contributed by atoms with E-state index < -0.39 is 0 Å². The molecule has 2 rings (SSSR count). The van der Waals surface area contributed by atoms with E-state index in [1.54, 1.807) is 10.9 Å². The SMILES string of the molecule is CCS[C@H]1CCC[C@H](NC(=O)c2cn(C)nc2C)C1. The quantitative estimate of drug-likeness (QED) is 0.922. The molecule has 4 nitrogen and oxygen atoms in total. The van der Waals surface area contributed by atoms with E-state index in [1.807, 2.05) is 25.7 Å². The van der Waals surface area contributed by atoms with Gasteiger partial charge in [-0.3, -0.25) is 9.48 Å². The summed E-state index contributed by atoms with van der Waals surface area (Å²) in [6.45, 7) is 4.08. The number of hydrogen-bond donors (Lipinski definition) is 1. The zero-order valence-electron chi connectivity index (χ0n) is 12.0. The molecule has 0 radical (unpaired) electrons. The summed E-state index contributed by atoms with van der Waals surface area (Å²) in [7, 11) is 1.85. The third kappa shape index (κ3) is 3.75. The van der Waals surface area contributed by atoms with Crippen LogP contribution >= 0.6 is 11.8 Å². The molecule has 1 aromatic heterocycles. The number of carbonyl (C=O) groups is 1. The van der Waals surface area contributed by atoms with Gasteiger partial charge in [0.2, 0.25) is 0 Å². The van der Waals surface area contributed by atoms with Crippen molar-refractivity contribution in [2.75, 3.05) is 5.75 Å². The maximum Gasteiger partial charge on any atom is 0.254 e. The lowest BCUT2D eigenvalue weighted by atomic mass is 9.94. The molecule has 0 aromatic carbocycles. The standard InChI is InChI=1S/C14H23N3OS/c1-4-19-12-7-5-6-11(8-12)15-14(18)13-9-17(3)16-10(13)2/h9,11-12H,4-8H2,1-3H3,(H,15,18)/t11-,12-/m0/s1. The van der Waals surface area contributed by atoms with Crippen molar-refractivity contribution < 1.29 is 4.79 Å². The number of nitrogens with one attached hydrogen (secondary N) is 1. The van der Waals surface area contributed by atoms with Crippen molar-refractivity contribution in [1.29, 1.82) is 0 Å². The van der Waals surface area contributed by atoms with Gasteiger partial charge in [0.1, 0.15) is 0 Å². The molecule has 0 unspecified atom stereocenters. The van der Waals surface area contributed by atoms with Crippen molar-refractivity contribution in [3.8, 4) is 0 Å². The monoisotopic (exact) mass is 281 g/mol. The molecule has 1 amide bonds. The first-order valence-electron chi connectivity index (χ1n) is 7.02. The molecule has 19 heavy (non-hydrogen) atoms. The van der Waals surface area contributed by atoms with Gasteiger partial charge >= 0.3 is 0 Å². The van der Waals surface area contributed by atoms with Crippen LogP contribution in [-0.4, -0.2) is 32.7 Å². The minimum atomic E-state index is 0.0257. The molecule has 1 fully saturated rings. The number of nitrogens with zero attached hydrogens (tertiary/aromatic N) is 2. The molecule has 1 aliphatic rings. The Labute approximate surface area is 119 Å². The highest BCUT2D eigenvalue weighted by Crippen LogP contribution is 2.28. The third-order valence-electron chi connectivity index (χ3n) is 3.62. The van der Waals surface area contributed by atoms with Crippen LogP contribution in [0.4, 0.5) is 0 Å². The van der Waals surface area contributed by atoms with Gasteiger partial charge in [0, 0.05) is 24.5 Å². The largest absolute Gasteiger partial charge is 0.349 e. The molecule has 2 atom stereocenters. The van der Waals surface area contributed by atoms with E-state index in [4.69, 9.17) is 0 Å². The van der Waals surface area contributed by atoms with Crippen LogP contribution in [0, 0.1) is 6.92 Å². The van der Waals surface area contributed by atoms with Crippen LogP contribution in [-0.2, 0) is 7.05 Å². The van der Waals surface area contributed by atoms with Crippen molar-refractivity contribution in [1.82, 2.24) is 15.1 Å². The Morgan fingerprint density at radius 2 is 2.37 bits per heavy atom. The third-order valence-corrected chi connectivity index (χ3v) is 4.85. The molecule has 0 saturated heterocycles. The predicted octanol–water partition coefficient (Wildman–Crippen LogP) is 2.52. The van der Waals surface area contributed by atoms with Gasteiger partial charge in [-0.1, -0.05) is 13.3 Å². The van der Waals surface area contributed by atoms with Crippen LogP contribution in [0.15, 0.2) is 6.20 Å². The zero-order chi connectivity index (χ0) is 13.8. The maximum atomic E-state index is 12.2. The Hall–Kier alpha value is -0.970. The van der Waals surface area contributed by atoms with Gasteiger partial charge in [-0.2, -0.15) is 16.9 Å². The average Bonchev–Trinajstić information content (AvgIpc) is 2.69. The Kier molecular flexibility index (Phi) is 4.91. The van der Waals surface area contributed by atoms with Gasteiger partial charge in [-0.05, 0) is 31.9 Å². The smallest absolute Gasteiger partial charge is 0.254 e. The van der Waals surface area contributed by atoms with Crippen molar-refractivity contribution >= 4 is 17.7 Å². The number of thioether (sulfide) groups is 1. The second-order valence-electron chi connectivity index (χ2n) is 5.22. The Bertz CT molecular complexity index is 442. The number of carbonyl (C=O) groups excluding carboxylic acids is 1. The van der Waals surface area contributed by atoms with Crippen LogP contribution in [0.5, 0.6) is 0 Å². The molecule has 0 bridgehead atoms. The fourth-order valence-corrected chi connectivity index (χ4v) is 3.92. The molecule has 1 aromatic rings. The highest BCUT2D eigenvalue weighted by atomic mass is 32.2. The van der Waals surface area contributed by atoms with Gasteiger partial charge in [-0.15, -0.1) is 0 Å². The highest BCUT2D eigenvalue weighted by molar-refractivity contribution is 7.99. The van der Waals surface area contributed by atoms with Gasteiger partial charge < -0.3 is 5.32 Å². The van der Waals surface area contributed by atoms with Gasteiger partial charge in [0.05, 0.1) is 11.3 Å². The first-order chi connectivity index (χ1) is 9.10. The fraction of sp³-hybridized carbons (Fsp3) is 0.714. The van der Waals surface area contributed by atoms with E-state index in [2.05, 4.69) is 17.3 Å². The van der Waals surface area contributed by atoms with E-state index in [9.17, 15) is 4.79 Å². The highest BCUT2D eigenvalue weighted by Gasteiger charge is 2.24. The number of aryl methyl sites for hydroxylation is 2. The van der Waals surface area contributed by atoms with E-state index in [-0.39, 0.29) is 5.91 Å². The second kappa shape index (κ2) is 6.46. The van der Waals surface area contributed by atoms with Crippen molar-refractivity contribution in [2.45, 2.75) is 50.8 Å². The second-order valence-corrected chi connectivity index (χ2v) is 6.79. The summed E-state index contributed by atoms with van der Waals surface area (Å²) in [4.78, 5) is 12.2. The lowest BCUT2D eigenvalue weighted by molar-refractivity contribution is 0.0928. The van der Waals surface area contributed by atoms with Gasteiger partial charge in [0.25, 0.3) is 5.91 Å². The van der Waals surface area contributed by atoms with Crippen LogP contribution in [0.3, 0.4) is 0 Å². The Morgan fingerprint density at radius 1 is 1.58 bits per heavy atom. The molecule has 5 heteroatoms. The van der Waals surface area contributed by atoms with Crippen molar-refractivity contribution in [2.24, 2.45) is 7.05 Å². The lowest BCUT2D eigenvalue weighted by Gasteiger charge is -2.29. The first kappa shape index (κ1) is 14.4. The molecule has 0 aliphatic heterocycles. The summed E-state index contributed by atoms with van der Waals surface area (Å²) in [5, 5.41) is 8.10. The Morgan fingerprint density at radius 3 is 3.00 bits per heavy atom. The molecule has 1 heterocycles. The zero-order valence-corrected chi connectivity index (χ0v) is 12.8. The Balaban J connectivity index is 1.93. The van der Waals surface area contributed by atoms with E-state index in [0.717, 1.165) is 24.3 Å². The first-order valence-corrected chi connectivity index (χ1v) is 8.07. The molecule has 0 spiro atoms. The average molecular weight is 281 g/mol. The van der Waals surface area contributed by atoms with E-state index in [1.165, 1.54) is 12.8 Å².